The molecule has 5 heteroatoms. The van der Waals surface area contributed by atoms with Gasteiger partial charge in [0.05, 0.1) is 13.2 Å². The molecule has 0 aliphatic carbocycles. The zero-order valence-electron chi connectivity index (χ0n) is 13.1. The van der Waals surface area contributed by atoms with E-state index in [-0.39, 0.29) is 5.97 Å². The van der Waals surface area contributed by atoms with E-state index in [0.717, 1.165) is 23.5 Å². The van der Waals surface area contributed by atoms with E-state index in [0.29, 0.717) is 19.0 Å². The van der Waals surface area contributed by atoms with E-state index in [2.05, 4.69) is 25.1 Å². The lowest BCUT2D eigenvalue weighted by molar-refractivity contribution is -0.144. The Morgan fingerprint density at radius 2 is 2.14 bits per heavy atom. The van der Waals surface area contributed by atoms with Crippen molar-refractivity contribution >= 4 is 17.7 Å². The van der Waals surface area contributed by atoms with E-state index in [4.69, 9.17) is 15.2 Å². The van der Waals surface area contributed by atoms with Crippen molar-refractivity contribution in [2.75, 3.05) is 24.7 Å². The summed E-state index contributed by atoms with van der Waals surface area (Å²) < 4.78 is 10.6. The Morgan fingerprint density at radius 1 is 1.38 bits per heavy atom. The summed E-state index contributed by atoms with van der Waals surface area (Å²) in [5, 5.41) is 0. The molecule has 0 amide bonds. The second-order valence-electron chi connectivity index (χ2n) is 4.90. The van der Waals surface area contributed by atoms with Crippen LogP contribution in [0, 0.1) is 13.8 Å². The Hall–Kier alpha value is -1.20. The van der Waals surface area contributed by atoms with E-state index in [9.17, 15) is 4.79 Å². The molecular formula is C16H25NO3S. The van der Waals surface area contributed by atoms with Crippen molar-refractivity contribution in [2.45, 2.75) is 33.2 Å². The fourth-order valence-corrected chi connectivity index (χ4v) is 2.61. The number of carbonyl (C=O) groups excluding carboxylic acids is 1. The lowest BCUT2D eigenvalue weighted by Gasteiger charge is -2.11. The van der Waals surface area contributed by atoms with Crippen molar-refractivity contribution in [3.8, 4) is 5.75 Å². The Kier molecular flexibility index (Phi) is 8.23. The quantitative estimate of drug-likeness (QED) is 0.561. The maximum Gasteiger partial charge on any atom is 0.323 e. The second kappa shape index (κ2) is 9.68. The van der Waals surface area contributed by atoms with Crippen LogP contribution in [0.5, 0.6) is 5.75 Å². The highest BCUT2D eigenvalue weighted by molar-refractivity contribution is 7.99. The number of hydrogen-bond acceptors (Lipinski definition) is 5. The van der Waals surface area contributed by atoms with Crippen LogP contribution in [0.15, 0.2) is 18.2 Å². The molecule has 0 aliphatic rings. The topological polar surface area (TPSA) is 61.5 Å². The number of rotatable bonds is 9. The molecule has 21 heavy (non-hydrogen) atoms. The summed E-state index contributed by atoms with van der Waals surface area (Å²) >= 11 is 1.65. The van der Waals surface area contributed by atoms with Crippen molar-refractivity contribution in [2.24, 2.45) is 5.73 Å². The molecule has 1 aromatic rings. The highest BCUT2D eigenvalue weighted by Crippen LogP contribution is 2.19. The van der Waals surface area contributed by atoms with E-state index in [1.807, 2.05) is 6.92 Å². The highest BCUT2D eigenvalue weighted by atomic mass is 32.2. The molecule has 0 aliphatic heterocycles. The van der Waals surface area contributed by atoms with Crippen molar-refractivity contribution in [1.29, 1.82) is 0 Å². The van der Waals surface area contributed by atoms with Gasteiger partial charge in [-0.05, 0) is 50.1 Å². The number of carbonyl (C=O) groups is 1. The number of esters is 1. The van der Waals surface area contributed by atoms with Crippen LogP contribution in [-0.4, -0.2) is 36.7 Å². The Morgan fingerprint density at radius 3 is 2.86 bits per heavy atom. The molecule has 4 nitrogen and oxygen atoms in total. The van der Waals surface area contributed by atoms with Crippen LogP contribution in [0.3, 0.4) is 0 Å². The number of benzene rings is 1. The zero-order chi connectivity index (χ0) is 15.7. The predicted molar refractivity (Wildman–Crippen MR) is 88.0 cm³/mol. The molecule has 1 unspecified atom stereocenters. The van der Waals surface area contributed by atoms with Gasteiger partial charge in [0.25, 0.3) is 0 Å². The molecule has 2 N–H and O–H groups in total. The normalized spacial score (nSPS) is 12.0. The maximum absolute atomic E-state index is 11.3. The molecule has 0 saturated carbocycles. The average Bonchev–Trinajstić information content (AvgIpc) is 2.46. The minimum absolute atomic E-state index is 0.323. The maximum atomic E-state index is 11.3. The van der Waals surface area contributed by atoms with Crippen molar-refractivity contribution in [3.05, 3.63) is 29.3 Å². The first-order valence-corrected chi connectivity index (χ1v) is 8.40. The van der Waals surface area contributed by atoms with E-state index in [1.165, 1.54) is 5.56 Å². The Labute approximate surface area is 131 Å². The minimum Gasteiger partial charge on any atom is -0.493 e. The molecule has 0 spiro atoms. The highest BCUT2D eigenvalue weighted by Gasteiger charge is 2.13. The van der Waals surface area contributed by atoms with Crippen LogP contribution < -0.4 is 10.5 Å². The van der Waals surface area contributed by atoms with Crippen LogP contribution in [0.2, 0.25) is 0 Å². The van der Waals surface area contributed by atoms with Gasteiger partial charge in [-0.15, -0.1) is 0 Å². The number of nitrogens with two attached hydrogens (primary N) is 1. The largest absolute Gasteiger partial charge is 0.493 e. The van der Waals surface area contributed by atoms with E-state index < -0.39 is 6.04 Å². The Balaban J connectivity index is 2.15. The van der Waals surface area contributed by atoms with Gasteiger partial charge in [0.15, 0.2) is 0 Å². The van der Waals surface area contributed by atoms with Gasteiger partial charge >= 0.3 is 5.97 Å². The minimum atomic E-state index is -0.533. The summed E-state index contributed by atoms with van der Waals surface area (Å²) in [6.45, 7) is 6.93. The molecular weight excluding hydrogens is 286 g/mol. The molecule has 0 radical (unpaired) electrons. The van der Waals surface area contributed by atoms with Crippen LogP contribution in [0.1, 0.15) is 24.5 Å². The monoisotopic (exact) mass is 311 g/mol. The number of ether oxygens (including phenoxy) is 2. The summed E-state index contributed by atoms with van der Waals surface area (Å²) in [4.78, 5) is 11.3. The number of hydrogen-bond donors (Lipinski definition) is 1. The van der Waals surface area contributed by atoms with Gasteiger partial charge in [0, 0.05) is 5.75 Å². The average molecular weight is 311 g/mol. The summed E-state index contributed by atoms with van der Waals surface area (Å²) in [6, 6.07) is 5.67. The van der Waals surface area contributed by atoms with Gasteiger partial charge in [-0.25, -0.2) is 0 Å². The molecule has 1 atom stereocenters. The van der Waals surface area contributed by atoms with Crippen LogP contribution in [0.4, 0.5) is 0 Å². The molecule has 1 aromatic carbocycles. The van der Waals surface area contributed by atoms with Crippen LogP contribution >= 0.6 is 11.8 Å². The summed E-state index contributed by atoms with van der Waals surface area (Å²) in [5.74, 6) is 2.13. The number of aryl methyl sites for hydroxylation is 2. The molecule has 1 rings (SSSR count). The van der Waals surface area contributed by atoms with E-state index >= 15 is 0 Å². The molecule has 118 valence electrons. The SMILES string of the molecule is CCOC(=O)C(N)CSCCCOc1cc(C)ccc1C. The van der Waals surface area contributed by atoms with Crippen molar-refractivity contribution < 1.29 is 14.3 Å². The summed E-state index contributed by atoms with van der Waals surface area (Å²) in [7, 11) is 0. The van der Waals surface area contributed by atoms with Gasteiger partial charge in [-0.3, -0.25) is 4.79 Å². The molecule has 0 saturated heterocycles. The van der Waals surface area contributed by atoms with E-state index in [1.54, 1.807) is 18.7 Å². The number of thioether (sulfide) groups is 1. The molecule has 0 bridgehead atoms. The second-order valence-corrected chi connectivity index (χ2v) is 6.05. The third-order valence-electron chi connectivity index (χ3n) is 2.92. The fourth-order valence-electron chi connectivity index (χ4n) is 1.73. The smallest absolute Gasteiger partial charge is 0.323 e. The fraction of sp³-hybridized carbons (Fsp3) is 0.562. The van der Waals surface area contributed by atoms with Gasteiger partial charge in [-0.1, -0.05) is 12.1 Å². The lowest BCUT2D eigenvalue weighted by Crippen LogP contribution is -2.34. The van der Waals surface area contributed by atoms with Crippen molar-refractivity contribution in [3.63, 3.8) is 0 Å². The first kappa shape index (κ1) is 17.9. The first-order chi connectivity index (χ1) is 10.0. The zero-order valence-corrected chi connectivity index (χ0v) is 13.9. The van der Waals surface area contributed by atoms with Gasteiger partial charge in [-0.2, -0.15) is 11.8 Å². The van der Waals surface area contributed by atoms with Crippen LogP contribution in [-0.2, 0) is 9.53 Å². The summed E-state index contributed by atoms with van der Waals surface area (Å²) in [5.41, 5.74) is 8.07. The van der Waals surface area contributed by atoms with Gasteiger partial charge < -0.3 is 15.2 Å². The third kappa shape index (κ3) is 6.87. The Bertz CT molecular complexity index is 451. The molecule has 0 aromatic heterocycles. The summed E-state index contributed by atoms with van der Waals surface area (Å²) in [6.07, 6.45) is 0.924. The van der Waals surface area contributed by atoms with Gasteiger partial charge in [0.1, 0.15) is 11.8 Å². The first-order valence-electron chi connectivity index (χ1n) is 7.24. The lowest BCUT2D eigenvalue weighted by atomic mass is 10.1. The molecule has 0 fully saturated rings. The third-order valence-corrected chi connectivity index (χ3v) is 4.09. The molecule has 0 heterocycles. The standard InChI is InChI=1S/C16H25NO3S/c1-4-19-16(18)14(17)11-21-9-5-8-20-15-10-12(2)6-7-13(15)3/h6-7,10,14H,4-5,8-9,11,17H2,1-3H3. The van der Waals surface area contributed by atoms with Gasteiger partial charge in [0.2, 0.25) is 0 Å². The van der Waals surface area contributed by atoms with Crippen LogP contribution in [0.25, 0.3) is 0 Å². The predicted octanol–water partition coefficient (Wildman–Crippen LogP) is 2.70. The van der Waals surface area contributed by atoms with Crippen molar-refractivity contribution in [1.82, 2.24) is 0 Å².